The largest absolute Gasteiger partial charge is 0.324 e. The lowest BCUT2D eigenvalue weighted by Gasteiger charge is -2.16. The zero-order valence-electron chi connectivity index (χ0n) is 12.7. The SMILES string of the molecule is O=C1Nc2ccccc2CCC1NCCCC1CCCC1. The summed E-state index contributed by atoms with van der Waals surface area (Å²) in [6.45, 7) is 0.963. The Morgan fingerprint density at radius 3 is 2.81 bits per heavy atom. The molecular weight excluding hydrogens is 260 g/mol. The third-order valence-electron chi connectivity index (χ3n) is 4.95. The Labute approximate surface area is 127 Å². The van der Waals surface area contributed by atoms with E-state index >= 15 is 0 Å². The second-order valence-electron chi connectivity index (χ2n) is 6.48. The van der Waals surface area contributed by atoms with Crippen LogP contribution in [0, 0.1) is 5.92 Å². The molecule has 3 rings (SSSR count). The molecule has 1 aromatic rings. The Morgan fingerprint density at radius 1 is 1.14 bits per heavy atom. The van der Waals surface area contributed by atoms with Crippen LogP contribution in [0.3, 0.4) is 0 Å². The number of hydrogen-bond donors (Lipinski definition) is 2. The molecular formula is C18H26N2O. The number of amides is 1. The summed E-state index contributed by atoms with van der Waals surface area (Å²) < 4.78 is 0. The molecule has 0 aromatic heterocycles. The molecule has 1 aliphatic carbocycles. The molecule has 1 heterocycles. The van der Waals surface area contributed by atoms with E-state index in [9.17, 15) is 4.79 Å². The standard InChI is InChI=1S/C18H26N2O/c21-18-17(19-13-5-8-14-6-1-2-7-14)12-11-15-9-3-4-10-16(15)20-18/h3-4,9-10,14,17,19H,1-2,5-8,11-13H2,(H,20,21). The van der Waals surface area contributed by atoms with Crippen molar-refractivity contribution in [1.82, 2.24) is 5.32 Å². The van der Waals surface area contributed by atoms with Crippen LogP contribution in [0.2, 0.25) is 0 Å². The lowest BCUT2D eigenvalue weighted by atomic mass is 10.0. The van der Waals surface area contributed by atoms with Crippen molar-refractivity contribution in [3.8, 4) is 0 Å². The zero-order valence-corrected chi connectivity index (χ0v) is 12.7. The van der Waals surface area contributed by atoms with Crippen molar-refractivity contribution >= 4 is 11.6 Å². The summed E-state index contributed by atoms with van der Waals surface area (Å²) in [5.41, 5.74) is 2.24. The molecule has 3 heteroatoms. The van der Waals surface area contributed by atoms with Crippen molar-refractivity contribution < 1.29 is 4.79 Å². The zero-order chi connectivity index (χ0) is 14.5. The molecule has 1 amide bonds. The van der Waals surface area contributed by atoms with Gasteiger partial charge in [0.2, 0.25) is 5.91 Å². The van der Waals surface area contributed by atoms with Crippen molar-refractivity contribution in [2.24, 2.45) is 5.92 Å². The molecule has 1 aliphatic heterocycles. The first-order chi connectivity index (χ1) is 10.3. The molecule has 0 spiro atoms. The summed E-state index contributed by atoms with van der Waals surface area (Å²) >= 11 is 0. The van der Waals surface area contributed by atoms with Crippen LogP contribution in [0.4, 0.5) is 5.69 Å². The first-order valence-electron chi connectivity index (χ1n) is 8.45. The average molecular weight is 286 g/mol. The molecule has 2 aliphatic rings. The third-order valence-corrected chi connectivity index (χ3v) is 4.95. The molecule has 0 radical (unpaired) electrons. The van der Waals surface area contributed by atoms with E-state index in [4.69, 9.17) is 0 Å². The summed E-state index contributed by atoms with van der Waals surface area (Å²) in [6, 6.07) is 8.09. The van der Waals surface area contributed by atoms with Gasteiger partial charge in [-0.1, -0.05) is 43.9 Å². The van der Waals surface area contributed by atoms with Crippen LogP contribution in [-0.4, -0.2) is 18.5 Å². The van der Waals surface area contributed by atoms with Crippen LogP contribution < -0.4 is 10.6 Å². The number of benzene rings is 1. The van der Waals surface area contributed by atoms with Gasteiger partial charge in [0.1, 0.15) is 0 Å². The van der Waals surface area contributed by atoms with Crippen LogP contribution in [0.5, 0.6) is 0 Å². The maximum absolute atomic E-state index is 12.3. The Morgan fingerprint density at radius 2 is 1.95 bits per heavy atom. The lowest BCUT2D eigenvalue weighted by Crippen LogP contribution is -2.40. The van der Waals surface area contributed by atoms with Crippen molar-refractivity contribution in [3.05, 3.63) is 29.8 Å². The minimum absolute atomic E-state index is 0.0408. The second kappa shape index (κ2) is 7.08. The van der Waals surface area contributed by atoms with Crippen LogP contribution in [0.15, 0.2) is 24.3 Å². The van der Waals surface area contributed by atoms with E-state index in [1.165, 1.54) is 44.1 Å². The van der Waals surface area contributed by atoms with Gasteiger partial charge in [-0.05, 0) is 49.8 Å². The molecule has 0 bridgehead atoms. The highest BCUT2D eigenvalue weighted by molar-refractivity contribution is 5.96. The van der Waals surface area contributed by atoms with E-state index in [1.807, 2.05) is 18.2 Å². The quantitative estimate of drug-likeness (QED) is 0.813. The van der Waals surface area contributed by atoms with Gasteiger partial charge in [0.05, 0.1) is 6.04 Å². The van der Waals surface area contributed by atoms with Gasteiger partial charge in [-0.15, -0.1) is 0 Å². The van der Waals surface area contributed by atoms with E-state index in [1.54, 1.807) is 0 Å². The van der Waals surface area contributed by atoms with Crippen LogP contribution >= 0.6 is 0 Å². The Hall–Kier alpha value is -1.35. The fourth-order valence-electron chi connectivity index (χ4n) is 3.67. The predicted molar refractivity (Wildman–Crippen MR) is 86.4 cm³/mol. The van der Waals surface area contributed by atoms with E-state index in [0.29, 0.717) is 0 Å². The topological polar surface area (TPSA) is 41.1 Å². The minimum Gasteiger partial charge on any atom is -0.324 e. The maximum atomic E-state index is 12.3. The molecule has 21 heavy (non-hydrogen) atoms. The van der Waals surface area contributed by atoms with E-state index in [0.717, 1.165) is 31.0 Å². The van der Waals surface area contributed by atoms with E-state index in [2.05, 4.69) is 16.7 Å². The van der Waals surface area contributed by atoms with Gasteiger partial charge in [0.25, 0.3) is 0 Å². The molecule has 114 valence electrons. The van der Waals surface area contributed by atoms with Crippen LogP contribution in [0.25, 0.3) is 0 Å². The third kappa shape index (κ3) is 3.85. The van der Waals surface area contributed by atoms with Crippen molar-refractivity contribution in [2.45, 2.75) is 57.4 Å². The van der Waals surface area contributed by atoms with Gasteiger partial charge in [-0.25, -0.2) is 0 Å². The highest BCUT2D eigenvalue weighted by Crippen LogP contribution is 2.28. The number of anilines is 1. The normalized spacial score (nSPS) is 22.7. The predicted octanol–water partition coefficient (Wildman–Crippen LogP) is 3.50. The summed E-state index contributed by atoms with van der Waals surface area (Å²) in [5, 5.41) is 6.51. The van der Waals surface area contributed by atoms with E-state index < -0.39 is 0 Å². The monoisotopic (exact) mass is 286 g/mol. The van der Waals surface area contributed by atoms with Gasteiger partial charge >= 0.3 is 0 Å². The first-order valence-corrected chi connectivity index (χ1v) is 8.45. The summed E-state index contributed by atoms with van der Waals surface area (Å²) in [7, 11) is 0. The van der Waals surface area contributed by atoms with Gasteiger partial charge in [-0.3, -0.25) is 4.79 Å². The number of para-hydroxylation sites is 1. The number of carbonyl (C=O) groups excluding carboxylic acids is 1. The summed E-state index contributed by atoms with van der Waals surface area (Å²) in [6.07, 6.45) is 10.0. The second-order valence-corrected chi connectivity index (χ2v) is 6.48. The molecule has 3 nitrogen and oxygen atoms in total. The molecule has 2 N–H and O–H groups in total. The minimum atomic E-state index is -0.0408. The van der Waals surface area contributed by atoms with E-state index in [-0.39, 0.29) is 11.9 Å². The number of fused-ring (bicyclic) bond motifs is 1. The highest BCUT2D eigenvalue weighted by Gasteiger charge is 2.22. The fourth-order valence-corrected chi connectivity index (χ4v) is 3.67. The Bertz CT molecular complexity index is 480. The van der Waals surface area contributed by atoms with Gasteiger partial charge in [0.15, 0.2) is 0 Å². The Balaban J connectivity index is 1.45. The number of aryl methyl sites for hydroxylation is 1. The van der Waals surface area contributed by atoms with Crippen molar-refractivity contribution in [1.29, 1.82) is 0 Å². The average Bonchev–Trinajstić information content (AvgIpc) is 2.95. The van der Waals surface area contributed by atoms with Crippen molar-refractivity contribution in [3.63, 3.8) is 0 Å². The van der Waals surface area contributed by atoms with Gasteiger partial charge in [-0.2, -0.15) is 0 Å². The Kier molecular flexibility index (Phi) is 4.91. The smallest absolute Gasteiger partial charge is 0.241 e. The summed E-state index contributed by atoms with van der Waals surface area (Å²) in [4.78, 5) is 12.3. The number of nitrogens with one attached hydrogen (secondary N) is 2. The lowest BCUT2D eigenvalue weighted by molar-refractivity contribution is -0.118. The van der Waals surface area contributed by atoms with Crippen molar-refractivity contribution in [2.75, 3.05) is 11.9 Å². The van der Waals surface area contributed by atoms with Crippen LogP contribution in [-0.2, 0) is 11.2 Å². The maximum Gasteiger partial charge on any atom is 0.241 e. The van der Waals surface area contributed by atoms with Gasteiger partial charge < -0.3 is 10.6 Å². The number of rotatable bonds is 5. The number of carbonyl (C=O) groups is 1. The summed E-state index contributed by atoms with van der Waals surface area (Å²) in [5.74, 6) is 1.07. The number of hydrogen-bond acceptors (Lipinski definition) is 2. The highest BCUT2D eigenvalue weighted by atomic mass is 16.2. The molecule has 1 atom stereocenters. The molecule has 1 aromatic carbocycles. The van der Waals surface area contributed by atoms with Crippen LogP contribution in [0.1, 0.15) is 50.5 Å². The molecule has 1 unspecified atom stereocenters. The molecule has 1 saturated carbocycles. The first kappa shape index (κ1) is 14.6. The molecule has 1 fully saturated rings. The van der Waals surface area contributed by atoms with Gasteiger partial charge in [0, 0.05) is 5.69 Å². The fraction of sp³-hybridized carbons (Fsp3) is 0.611. The molecule has 0 saturated heterocycles.